The standard InChI is InChI=1S/C24H28N2O9S/c1-12(27)31-11-19-20(32-13(2)28)21(33-14(3)29)22(34-15(4)30)23(35-19)26-18-8-6-5-7-16(18)9-17(10-25)24(26)36/h9,19-23H,5-8,11H2,1-4H3/t19-,20-,21+,22+,23-/m1/s1. The van der Waals surface area contributed by atoms with Crippen molar-refractivity contribution in [2.75, 3.05) is 6.61 Å². The topological polar surface area (TPSA) is 143 Å². The Kier molecular flexibility index (Phi) is 8.81. The van der Waals surface area contributed by atoms with Crippen molar-refractivity contribution in [1.29, 1.82) is 5.26 Å². The zero-order chi connectivity index (χ0) is 26.6. The van der Waals surface area contributed by atoms with Gasteiger partial charge in [0.25, 0.3) is 0 Å². The maximum atomic E-state index is 12.2. The molecule has 2 heterocycles. The van der Waals surface area contributed by atoms with E-state index in [1.54, 1.807) is 10.6 Å². The molecule has 0 spiro atoms. The van der Waals surface area contributed by atoms with Crippen molar-refractivity contribution in [3.63, 3.8) is 0 Å². The number of aromatic nitrogens is 1. The molecule has 1 saturated heterocycles. The largest absolute Gasteiger partial charge is 0.463 e. The molecule has 5 atom stereocenters. The molecule has 2 aliphatic rings. The molecule has 0 radical (unpaired) electrons. The van der Waals surface area contributed by atoms with Gasteiger partial charge in [-0.05, 0) is 37.3 Å². The minimum Gasteiger partial charge on any atom is -0.463 e. The minimum absolute atomic E-state index is 0.152. The van der Waals surface area contributed by atoms with E-state index < -0.39 is 54.5 Å². The highest BCUT2D eigenvalue weighted by molar-refractivity contribution is 7.71. The van der Waals surface area contributed by atoms with Gasteiger partial charge in [0, 0.05) is 33.4 Å². The maximum Gasteiger partial charge on any atom is 0.303 e. The lowest BCUT2D eigenvalue weighted by molar-refractivity contribution is -0.269. The summed E-state index contributed by atoms with van der Waals surface area (Å²) in [5.41, 5.74) is 1.93. The summed E-state index contributed by atoms with van der Waals surface area (Å²) in [5.74, 6) is -2.75. The first-order valence-electron chi connectivity index (χ1n) is 11.5. The summed E-state index contributed by atoms with van der Waals surface area (Å²) in [4.78, 5) is 47.8. The summed E-state index contributed by atoms with van der Waals surface area (Å²) in [6, 6.07) is 3.85. The smallest absolute Gasteiger partial charge is 0.303 e. The van der Waals surface area contributed by atoms with Gasteiger partial charge in [0.2, 0.25) is 0 Å². The van der Waals surface area contributed by atoms with Crippen molar-refractivity contribution in [1.82, 2.24) is 4.57 Å². The van der Waals surface area contributed by atoms with Crippen LogP contribution in [0.1, 0.15) is 63.6 Å². The summed E-state index contributed by atoms with van der Waals surface area (Å²) in [7, 11) is 0. The summed E-state index contributed by atoms with van der Waals surface area (Å²) in [6.07, 6.45) is -3.04. The number of pyridine rings is 1. The van der Waals surface area contributed by atoms with E-state index in [-0.39, 0.29) is 16.8 Å². The fraction of sp³-hybridized carbons (Fsp3) is 0.583. The zero-order valence-corrected chi connectivity index (χ0v) is 21.3. The van der Waals surface area contributed by atoms with Crippen LogP contribution in [-0.2, 0) is 55.7 Å². The van der Waals surface area contributed by atoms with Gasteiger partial charge < -0.3 is 28.3 Å². The summed E-state index contributed by atoms with van der Waals surface area (Å²) >= 11 is 5.64. The van der Waals surface area contributed by atoms with Crippen LogP contribution in [0.15, 0.2) is 6.07 Å². The van der Waals surface area contributed by atoms with Gasteiger partial charge in [0.1, 0.15) is 23.4 Å². The third-order valence-corrected chi connectivity index (χ3v) is 6.30. The van der Waals surface area contributed by atoms with Crippen molar-refractivity contribution in [2.24, 2.45) is 0 Å². The Bertz CT molecular complexity index is 1160. The fourth-order valence-electron chi connectivity index (χ4n) is 4.59. The SMILES string of the molecule is CC(=O)OC[C@H]1O[C@@H](n2c3c(cc(C#N)c2=S)CCCC3)[C@@H](OC(C)=O)[C@@H](OC(C)=O)[C@@H]1OC(C)=O. The van der Waals surface area contributed by atoms with Gasteiger partial charge in [-0.25, -0.2) is 0 Å². The Labute approximate surface area is 213 Å². The number of nitriles is 1. The van der Waals surface area contributed by atoms with Gasteiger partial charge in [-0.2, -0.15) is 5.26 Å². The summed E-state index contributed by atoms with van der Waals surface area (Å²) < 4.78 is 29.7. The molecule has 1 aliphatic heterocycles. The molecule has 1 fully saturated rings. The number of nitrogens with zero attached hydrogens (tertiary/aromatic N) is 2. The van der Waals surface area contributed by atoms with Gasteiger partial charge in [-0.3, -0.25) is 19.2 Å². The van der Waals surface area contributed by atoms with Gasteiger partial charge >= 0.3 is 23.9 Å². The maximum absolute atomic E-state index is 12.2. The second kappa shape index (κ2) is 11.6. The van der Waals surface area contributed by atoms with Crippen LogP contribution in [0.3, 0.4) is 0 Å². The lowest BCUT2D eigenvalue weighted by Gasteiger charge is -2.45. The van der Waals surface area contributed by atoms with E-state index in [9.17, 15) is 24.4 Å². The first-order chi connectivity index (χ1) is 17.0. The molecule has 12 heteroatoms. The Balaban J connectivity index is 2.23. The van der Waals surface area contributed by atoms with Crippen molar-refractivity contribution < 1.29 is 42.9 Å². The predicted molar refractivity (Wildman–Crippen MR) is 124 cm³/mol. The van der Waals surface area contributed by atoms with Crippen LogP contribution >= 0.6 is 12.2 Å². The third-order valence-electron chi connectivity index (χ3n) is 5.88. The monoisotopic (exact) mass is 520 g/mol. The number of hydrogen-bond donors (Lipinski definition) is 0. The number of hydrogen-bond acceptors (Lipinski definition) is 11. The van der Waals surface area contributed by atoms with Crippen LogP contribution in [0.4, 0.5) is 0 Å². The molecule has 0 N–H and O–H groups in total. The Morgan fingerprint density at radius 2 is 1.56 bits per heavy atom. The van der Waals surface area contributed by atoms with E-state index in [0.29, 0.717) is 12.8 Å². The minimum atomic E-state index is -1.32. The Morgan fingerprint density at radius 3 is 2.14 bits per heavy atom. The van der Waals surface area contributed by atoms with Gasteiger partial charge in [-0.1, -0.05) is 12.2 Å². The highest BCUT2D eigenvalue weighted by Gasteiger charge is 2.53. The van der Waals surface area contributed by atoms with Crippen LogP contribution in [0, 0.1) is 16.0 Å². The fourth-order valence-corrected chi connectivity index (χ4v) is 4.91. The molecule has 1 aliphatic carbocycles. The van der Waals surface area contributed by atoms with Crippen LogP contribution in [-0.4, -0.2) is 59.5 Å². The normalized spacial score (nSPS) is 25.0. The molecule has 1 aromatic rings. The number of esters is 4. The van der Waals surface area contributed by atoms with Crippen LogP contribution in [0.2, 0.25) is 0 Å². The number of ether oxygens (including phenoxy) is 5. The molecular weight excluding hydrogens is 492 g/mol. The molecule has 0 saturated carbocycles. The quantitative estimate of drug-likeness (QED) is 0.309. The van der Waals surface area contributed by atoms with E-state index >= 15 is 0 Å². The molecular formula is C24H28N2O9S. The highest BCUT2D eigenvalue weighted by Crippen LogP contribution is 2.37. The van der Waals surface area contributed by atoms with Crippen molar-refractivity contribution in [3.05, 3.63) is 27.5 Å². The van der Waals surface area contributed by atoms with Gasteiger partial charge in [-0.15, -0.1) is 0 Å². The van der Waals surface area contributed by atoms with Gasteiger partial charge in [0.05, 0.1) is 5.56 Å². The highest BCUT2D eigenvalue weighted by atomic mass is 32.1. The number of carbonyl (C=O) groups is 4. The number of rotatable bonds is 6. The molecule has 11 nitrogen and oxygen atoms in total. The molecule has 3 rings (SSSR count). The molecule has 1 aromatic heterocycles. The summed E-state index contributed by atoms with van der Waals surface area (Å²) in [5, 5.41) is 9.72. The average molecular weight is 521 g/mol. The van der Waals surface area contributed by atoms with E-state index in [2.05, 4.69) is 6.07 Å². The average Bonchev–Trinajstić information content (AvgIpc) is 2.79. The van der Waals surface area contributed by atoms with E-state index in [1.165, 1.54) is 13.8 Å². The molecule has 0 bridgehead atoms. The second-order valence-corrected chi connectivity index (χ2v) is 9.00. The molecule has 36 heavy (non-hydrogen) atoms. The molecule has 0 unspecified atom stereocenters. The van der Waals surface area contributed by atoms with E-state index in [4.69, 9.17) is 35.9 Å². The number of aryl methyl sites for hydroxylation is 1. The van der Waals surface area contributed by atoms with E-state index in [1.807, 2.05) is 0 Å². The number of fused-ring (bicyclic) bond motifs is 1. The molecule has 0 amide bonds. The molecule has 0 aromatic carbocycles. The Hall–Kier alpha value is -3.30. The summed E-state index contributed by atoms with van der Waals surface area (Å²) in [6.45, 7) is 4.35. The third kappa shape index (κ3) is 6.09. The first-order valence-corrected chi connectivity index (χ1v) is 11.9. The second-order valence-electron chi connectivity index (χ2n) is 8.61. The van der Waals surface area contributed by atoms with Crippen molar-refractivity contribution in [3.8, 4) is 6.07 Å². The number of carbonyl (C=O) groups excluding carboxylic acids is 4. The molecule has 194 valence electrons. The van der Waals surface area contributed by atoms with Crippen LogP contribution < -0.4 is 0 Å². The van der Waals surface area contributed by atoms with E-state index in [0.717, 1.165) is 37.9 Å². The van der Waals surface area contributed by atoms with Crippen LogP contribution in [0.5, 0.6) is 0 Å². The van der Waals surface area contributed by atoms with Crippen LogP contribution in [0.25, 0.3) is 0 Å². The lowest BCUT2D eigenvalue weighted by Crippen LogP contribution is -2.61. The van der Waals surface area contributed by atoms with Crippen molar-refractivity contribution >= 4 is 36.1 Å². The van der Waals surface area contributed by atoms with Gasteiger partial charge in [0.15, 0.2) is 24.5 Å². The first kappa shape index (κ1) is 27.3. The lowest BCUT2D eigenvalue weighted by atomic mass is 9.92. The Morgan fingerprint density at radius 1 is 0.972 bits per heavy atom. The zero-order valence-electron chi connectivity index (χ0n) is 20.5. The predicted octanol–water partition coefficient (Wildman–Crippen LogP) is 2.22. The van der Waals surface area contributed by atoms with Crippen molar-refractivity contribution in [2.45, 2.75) is 84.0 Å².